The van der Waals surface area contributed by atoms with Crippen LogP contribution in [0.4, 0.5) is 0 Å². The highest BCUT2D eigenvalue weighted by atomic mass is 16.5. The molecule has 0 saturated heterocycles. The van der Waals surface area contributed by atoms with Gasteiger partial charge in [0.15, 0.2) is 0 Å². The van der Waals surface area contributed by atoms with Gasteiger partial charge < -0.3 is 4.74 Å². The van der Waals surface area contributed by atoms with Crippen molar-refractivity contribution in [3.8, 4) is 28.0 Å². The summed E-state index contributed by atoms with van der Waals surface area (Å²) in [6, 6.07) is 34.7. The molecule has 0 aliphatic heterocycles. The van der Waals surface area contributed by atoms with Crippen molar-refractivity contribution in [2.45, 2.75) is 0 Å². The summed E-state index contributed by atoms with van der Waals surface area (Å²) in [4.78, 5) is 0. The molecule has 4 aromatic rings. The van der Waals surface area contributed by atoms with E-state index >= 15 is 0 Å². The summed E-state index contributed by atoms with van der Waals surface area (Å²) in [7, 11) is 1.69. The normalized spacial score (nSPS) is 10.1. The minimum atomic E-state index is 0.831. The average molecular weight is 375 g/mol. The first-order valence-corrected chi connectivity index (χ1v) is 9.52. The third-order valence-electron chi connectivity index (χ3n) is 4.73. The van der Waals surface area contributed by atoms with Crippen molar-refractivity contribution in [2.75, 3.05) is 7.11 Å². The molecule has 0 unspecified atom stereocenters. The van der Waals surface area contributed by atoms with Gasteiger partial charge >= 0.3 is 0 Å². The minimum absolute atomic E-state index is 0.831. The molecule has 29 heavy (non-hydrogen) atoms. The summed E-state index contributed by atoms with van der Waals surface area (Å²) in [6.45, 7) is 0. The van der Waals surface area contributed by atoms with Crippen LogP contribution >= 0.6 is 0 Å². The van der Waals surface area contributed by atoms with Crippen LogP contribution in [0.3, 0.4) is 0 Å². The summed E-state index contributed by atoms with van der Waals surface area (Å²) in [6.07, 6.45) is 5.01. The Labute approximate surface area is 171 Å². The van der Waals surface area contributed by atoms with E-state index in [1.165, 1.54) is 0 Å². The SMILES string of the molecule is COc1cccc(-c2cccc(-c3ccccc3)c2C=[N+]=[C-]c2ccccc2)c1. The molecule has 140 valence electrons. The van der Waals surface area contributed by atoms with E-state index in [1.807, 2.05) is 60.8 Å². The van der Waals surface area contributed by atoms with Gasteiger partial charge in [0.25, 0.3) is 6.21 Å². The van der Waals surface area contributed by atoms with Crippen molar-refractivity contribution >= 4 is 12.4 Å². The molecule has 0 amide bonds. The van der Waals surface area contributed by atoms with Crippen LogP contribution in [0.1, 0.15) is 11.1 Å². The van der Waals surface area contributed by atoms with Gasteiger partial charge in [-0.05, 0) is 34.4 Å². The predicted molar refractivity (Wildman–Crippen MR) is 122 cm³/mol. The largest absolute Gasteiger partial charge is 0.497 e. The lowest BCUT2D eigenvalue weighted by atomic mass is 9.92. The fraction of sp³-hybridized carbons (Fsp3) is 0.0370. The van der Waals surface area contributed by atoms with Gasteiger partial charge in [-0.1, -0.05) is 72.3 Å². The molecule has 4 aromatic carbocycles. The first-order chi connectivity index (χ1) is 14.3. The molecule has 0 heterocycles. The van der Waals surface area contributed by atoms with E-state index in [4.69, 9.17) is 4.74 Å². The van der Waals surface area contributed by atoms with E-state index < -0.39 is 0 Å². The van der Waals surface area contributed by atoms with Gasteiger partial charge in [0.1, 0.15) is 5.75 Å². The second kappa shape index (κ2) is 8.88. The molecule has 0 aromatic heterocycles. The molecule has 0 radical (unpaired) electrons. The third-order valence-corrected chi connectivity index (χ3v) is 4.73. The Balaban J connectivity index is 1.88. The number of methoxy groups -OCH3 is 1. The molecule has 0 N–H and O–H groups in total. The Morgan fingerprint density at radius 1 is 0.690 bits per heavy atom. The number of ether oxygens (including phenoxy) is 1. The molecule has 0 atom stereocenters. The van der Waals surface area contributed by atoms with Gasteiger partial charge in [0.2, 0.25) is 6.21 Å². The molecular formula is C27H21NO. The van der Waals surface area contributed by atoms with Crippen molar-refractivity contribution in [2.24, 2.45) is 0 Å². The van der Waals surface area contributed by atoms with E-state index in [9.17, 15) is 0 Å². The first kappa shape index (κ1) is 18.5. The summed E-state index contributed by atoms with van der Waals surface area (Å²) < 4.78 is 9.94. The fourth-order valence-electron chi connectivity index (χ4n) is 3.30. The van der Waals surface area contributed by atoms with Crippen LogP contribution < -0.4 is 9.40 Å². The van der Waals surface area contributed by atoms with Gasteiger partial charge in [-0.3, -0.25) is 0 Å². The maximum Gasteiger partial charge on any atom is 0.290 e. The maximum atomic E-state index is 5.42. The minimum Gasteiger partial charge on any atom is -0.497 e. The van der Waals surface area contributed by atoms with E-state index in [0.717, 1.165) is 39.1 Å². The first-order valence-electron chi connectivity index (χ1n) is 9.52. The molecule has 2 nitrogen and oxygen atoms in total. The Morgan fingerprint density at radius 2 is 1.31 bits per heavy atom. The molecule has 0 saturated carbocycles. The second-order valence-electron chi connectivity index (χ2n) is 6.60. The number of benzene rings is 4. The summed E-state index contributed by atoms with van der Waals surface area (Å²) in [5.41, 5.74) is 6.47. The highest BCUT2D eigenvalue weighted by Gasteiger charge is 2.12. The molecular weight excluding hydrogens is 354 g/mol. The zero-order valence-corrected chi connectivity index (χ0v) is 16.2. The number of hydrogen-bond donors (Lipinski definition) is 0. The quantitative estimate of drug-likeness (QED) is 0.256. The second-order valence-corrected chi connectivity index (χ2v) is 6.60. The molecule has 2 heteroatoms. The zero-order chi connectivity index (χ0) is 19.9. The van der Waals surface area contributed by atoms with Crippen molar-refractivity contribution < 1.29 is 4.74 Å². The van der Waals surface area contributed by atoms with Crippen LogP contribution in [0.2, 0.25) is 0 Å². The average Bonchev–Trinajstić information content (AvgIpc) is 2.80. The van der Waals surface area contributed by atoms with Gasteiger partial charge in [-0.25, -0.2) is 0 Å². The molecule has 0 spiro atoms. The van der Waals surface area contributed by atoms with Crippen LogP contribution in [0.5, 0.6) is 5.75 Å². The summed E-state index contributed by atoms with van der Waals surface area (Å²) >= 11 is 0. The number of nitrogens with zero attached hydrogens (tertiary/aromatic N) is 1. The molecule has 0 aliphatic carbocycles. The zero-order valence-electron chi connectivity index (χ0n) is 16.2. The predicted octanol–water partition coefficient (Wildman–Crippen LogP) is 5.51. The van der Waals surface area contributed by atoms with Crippen LogP contribution in [-0.4, -0.2) is 19.5 Å². The Bertz CT molecular complexity index is 1160. The number of hydrogen-bond acceptors (Lipinski definition) is 1. The third kappa shape index (κ3) is 4.35. The smallest absolute Gasteiger partial charge is 0.290 e. The molecule has 4 rings (SSSR count). The Kier molecular flexibility index (Phi) is 5.66. The van der Waals surface area contributed by atoms with Crippen LogP contribution in [-0.2, 0) is 0 Å². The van der Waals surface area contributed by atoms with Crippen molar-refractivity contribution in [3.63, 3.8) is 0 Å². The van der Waals surface area contributed by atoms with Crippen LogP contribution in [0.25, 0.3) is 22.3 Å². The summed E-state index contributed by atoms with van der Waals surface area (Å²) in [5.74, 6) is 0.831. The van der Waals surface area contributed by atoms with Gasteiger partial charge in [-0.2, -0.15) is 4.67 Å². The maximum absolute atomic E-state index is 5.42. The lowest BCUT2D eigenvalue weighted by Gasteiger charge is -2.12. The van der Waals surface area contributed by atoms with E-state index in [1.54, 1.807) is 7.11 Å². The highest BCUT2D eigenvalue weighted by molar-refractivity contribution is 5.99. The highest BCUT2D eigenvalue weighted by Crippen LogP contribution is 2.32. The summed E-state index contributed by atoms with van der Waals surface area (Å²) in [5, 5.41) is 0. The number of rotatable bonds is 5. The van der Waals surface area contributed by atoms with Crippen molar-refractivity contribution in [3.05, 3.63) is 114 Å². The topological polar surface area (TPSA) is 23.3 Å². The monoisotopic (exact) mass is 375 g/mol. The Hall–Kier alpha value is -3.87. The standard InChI is InChI=1S/C27H21NO/c1-29-24-15-8-14-23(18-24)26-17-9-16-25(22-12-6-3-7-13-22)27(26)20-28-19-21-10-4-2-5-11-21/h2-18,20H,1H3. The fourth-order valence-corrected chi connectivity index (χ4v) is 3.30. The molecule has 0 fully saturated rings. The van der Waals surface area contributed by atoms with E-state index in [-0.39, 0.29) is 0 Å². The Morgan fingerprint density at radius 3 is 2.03 bits per heavy atom. The van der Waals surface area contributed by atoms with Crippen molar-refractivity contribution in [1.82, 2.24) is 4.67 Å². The van der Waals surface area contributed by atoms with E-state index in [0.29, 0.717) is 0 Å². The molecule has 0 bridgehead atoms. The van der Waals surface area contributed by atoms with E-state index in [2.05, 4.69) is 59.4 Å². The van der Waals surface area contributed by atoms with Gasteiger partial charge in [-0.15, -0.1) is 24.3 Å². The van der Waals surface area contributed by atoms with Crippen molar-refractivity contribution in [1.29, 1.82) is 0 Å². The van der Waals surface area contributed by atoms with Gasteiger partial charge in [0.05, 0.1) is 7.11 Å². The lowest BCUT2D eigenvalue weighted by molar-refractivity contribution is 0.415. The van der Waals surface area contributed by atoms with Crippen LogP contribution in [0.15, 0.2) is 103 Å². The molecule has 0 aliphatic rings. The lowest BCUT2D eigenvalue weighted by Crippen LogP contribution is -1.96. The van der Waals surface area contributed by atoms with Gasteiger partial charge in [0, 0.05) is 5.56 Å². The van der Waals surface area contributed by atoms with Crippen LogP contribution in [0, 0.1) is 0 Å².